The van der Waals surface area contributed by atoms with Crippen molar-refractivity contribution < 1.29 is 9.13 Å². The fourth-order valence-corrected chi connectivity index (χ4v) is 3.05. The van der Waals surface area contributed by atoms with Gasteiger partial charge in [-0.25, -0.2) is 4.39 Å². The van der Waals surface area contributed by atoms with Crippen molar-refractivity contribution in [3.63, 3.8) is 0 Å². The van der Waals surface area contributed by atoms with Gasteiger partial charge in [-0.05, 0) is 30.5 Å². The summed E-state index contributed by atoms with van der Waals surface area (Å²) >= 11 is 3.35. The van der Waals surface area contributed by atoms with Gasteiger partial charge in [-0.1, -0.05) is 47.7 Å². The minimum atomic E-state index is -0.241. The molecule has 2 rings (SSSR count). The molecule has 1 fully saturated rings. The summed E-state index contributed by atoms with van der Waals surface area (Å²) in [6.07, 6.45) is 7.03. The summed E-state index contributed by atoms with van der Waals surface area (Å²) in [5.41, 5.74) is 7.17. The van der Waals surface area contributed by atoms with E-state index in [0.717, 1.165) is 22.9 Å². The van der Waals surface area contributed by atoms with Crippen LogP contribution in [0.15, 0.2) is 22.7 Å². The van der Waals surface area contributed by atoms with Crippen LogP contribution in [0.1, 0.15) is 44.1 Å². The van der Waals surface area contributed by atoms with Gasteiger partial charge in [0.05, 0.1) is 13.2 Å². The summed E-state index contributed by atoms with van der Waals surface area (Å²) < 4.78 is 19.5. The topological polar surface area (TPSA) is 35.2 Å². The average molecular weight is 330 g/mol. The van der Waals surface area contributed by atoms with Crippen LogP contribution in [-0.2, 0) is 11.3 Å². The van der Waals surface area contributed by atoms with E-state index in [1.54, 1.807) is 6.07 Å². The maximum Gasteiger partial charge on any atom is 0.124 e. The maximum atomic E-state index is 13.0. The first kappa shape index (κ1) is 14.9. The van der Waals surface area contributed by atoms with Crippen LogP contribution in [0.5, 0.6) is 0 Å². The lowest BCUT2D eigenvalue weighted by molar-refractivity contribution is 0.0664. The zero-order valence-corrected chi connectivity index (χ0v) is 12.7. The van der Waals surface area contributed by atoms with Gasteiger partial charge in [0.15, 0.2) is 0 Å². The maximum absolute atomic E-state index is 13.0. The Hall–Kier alpha value is -0.450. The van der Waals surface area contributed by atoms with E-state index in [2.05, 4.69) is 15.9 Å². The summed E-state index contributed by atoms with van der Waals surface area (Å²) in [5.74, 6) is -0.241. The van der Waals surface area contributed by atoms with E-state index >= 15 is 0 Å². The van der Waals surface area contributed by atoms with Crippen molar-refractivity contribution in [3.05, 3.63) is 34.1 Å². The highest BCUT2D eigenvalue weighted by Gasteiger charge is 2.26. The Labute approximate surface area is 122 Å². The number of hydrogen-bond acceptors (Lipinski definition) is 2. The van der Waals surface area contributed by atoms with Gasteiger partial charge in [-0.15, -0.1) is 0 Å². The minimum absolute atomic E-state index is 0.178. The van der Waals surface area contributed by atoms with Crippen LogP contribution < -0.4 is 5.73 Å². The van der Waals surface area contributed by atoms with E-state index in [1.807, 2.05) is 0 Å². The number of halogens is 2. The minimum Gasteiger partial charge on any atom is -0.375 e. The van der Waals surface area contributed by atoms with Crippen molar-refractivity contribution in [1.29, 1.82) is 0 Å². The van der Waals surface area contributed by atoms with Gasteiger partial charge in [0, 0.05) is 10.0 Å². The molecular weight excluding hydrogens is 309 g/mol. The molecule has 1 aromatic rings. The Bertz CT molecular complexity index is 417. The molecule has 0 atom stereocenters. The van der Waals surface area contributed by atoms with Crippen LogP contribution >= 0.6 is 15.9 Å². The summed E-state index contributed by atoms with van der Waals surface area (Å²) in [6.45, 7) is 1.05. The van der Waals surface area contributed by atoms with Crippen LogP contribution in [0.3, 0.4) is 0 Å². The molecule has 0 radical (unpaired) electrons. The molecule has 0 saturated heterocycles. The summed E-state index contributed by atoms with van der Waals surface area (Å²) in [5, 5.41) is 0. The first-order valence-corrected chi connectivity index (χ1v) is 7.69. The summed E-state index contributed by atoms with van der Waals surface area (Å²) in [7, 11) is 0. The van der Waals surface area contributed by atoms with Crippen LogP contribution in [0.25, 0.3) is 0 Å². The molecule has 2 N–H and O–H groups in total. The third kappa shape index (κ3) is 4.55. The van der Waals surface area contributed by atoms with Gasteiger partial charge in [-0.2, -0.15) is 0 Å². The summed E-state index contributed by atoms with van der Waals surface area (Å²) in [4.78, 5) is 0. The van der Waals surface area contributed by atoms with Crippen molar-refractivity contribution in [3.8, 4) is 0 Å². The average Bonchev–Trinajstić information content (AvgIpc) is 2.57. The van der Waals surface area contributed by atoms with Gasteiger partial charge < -0.3 is 10.5 Å². The molecule has 1 aliphatic rings. The molecule has 0 bridgehead atoms. The van der Waals surface area contributed by atoms with Crippen molar-refractivity contribution in [2.75, 3.05) is 6.61 Å². The fourth-order valence-electron chi connectivity index (χ4n) is 2.58. The smallest absolute Gasteiger partial charge is 0.124 e. The van der Waals surface area contributed by atoms with Crippen LogP contribution in [0, 0.1) is 5.82 Å². The Morgan fingerprint density at radius 2 is 1.89 bits per heavy atom. The second-order valence-corrected chi connectivity index (χ2v) is 6.36. The number of benzene rings is 1. The molecule has 1 saturated carbocycles. The molecule has 106 valence electrons. The van der Waals surface area contributed by atoms with Crippen LogP contribution in [0.2, 0.25) is 0 Å². The van der Waals surface area contributed by atoms with Gasteiger partial charge in [-0.3, -0.25) is 0 Å². The Morgan fingerprint density at radius 1 is 1.21 bits per heavy atom. The molecule has 0 spiro atoms. The predicted octanol–water partition coefficient (Wildman–Crippen LogP) is 4.16. The molecule has 2 nitrogen and oxygen atoms in total. The third-order valence-electron chi connectivity index (χ3n) is 3.76. The van der Waals surface area contributed by atoms with E-state index in [9.17, 15) is 4.39 Å². The molecule has 19 heavy (non-hydrogen) atoms. The highest BCUT2D eigenvalue weighted by molar-refractivity contribution is 9.10. The standard InChI is InChI=1S/C15H21BrFNO/c16-14-9-13(17)6-5-12(14)10-19-11-15(18)7-3-1-2-4-8-15/h5-6,9H,1-4,7-8,10-11,18H2. The molecular formula is C15H21BrFNO. The SMILES string of the molecule is NC1(COCc2ccc(F)cc2Br)CCCCCC1. The molecule has 0 unspecified atom stereocenters. The normalized spacial score (nSPS) is 19.1. The lowest BCUT2D eigenvalue weighted by atomic mass is 9.93. The van der Waals surface area contributed by atoms with E-state index in [-0.39, 0.29) is 11.4 Å². The van der Waals surface area contributed by atoms with Crippen molar-refractivity contribution in [2.45, 2.75) is 50.7 Å². The Morgan fingerprint density at radius 3 is 2.53 bits per heavy atom. The van der Waals surface area contributed by atoms with Crippen molar-refractivity contribution >= 4 is 15.9 Å². The van der Waals surface area contributed by atoms with Gasteiger partial charge in [0.2, 0.25) is 0 Å². The van der Waals surface area contributed by atoms with E-state index in [1.165, 1.54) is 37.8 Å². The molecule has 1 aliphatic carbocycles. The number of ether oxygens (including phenoxy) is 1. The fraction of sp³-hybridized carbons (Fsp3) is 0.600. The zero-order chi connectivity index (χ0) is 13.7. The monoisotopic (exact) mass is 329 g/mol. The van der Waals surface area contributed by atoms with Gasteiger partial charge >= 0.3 is 0 Å². The Balaban J connectivity index is 1.85. The molecule has 0 heterocycles. The summed E-state index contributed by atoms with van der Waals surface area (Å²) in [6, 6.07) is 4.66. The van der Waals surface area contributed by atoms with Crippen molar-refractivity contribution in [2.24, 2.45) is 5.73 Å². The van der Waals surface area contributed by atoms with Gasteiger partial charge in [0.25, 0.3) is 0 Å². The molecule has 1 aromatic carbocycles. The second kappa shape index (κ2) is 6.82. The van der Waals surface area contributed by atoms with Crippen LogP contribution in [-0.4, -0.2) is 12.1 Å². The largest absolute Gasteiger partial charge is 0.375 e. The number of rotatable bonds is 4. The number of nitrogens with two attached hydrogens (primary N) is 1. The highest BCUT2D eigenvalue weighted by Crippen LogP contribution is 2.26. The van der Waals surface area contributed by atoms with Crippen LogP contribution in [0.4, 0.5) is 4.39 Å². The lowest BCUT2D eigenvalue weighted by Gasteiger charge is -2.27. The predicted molar refractivity (Wildman–Crippen MR) is 78.4 cm³/mol. The number of hydrogen-bond donors (Lipinski definition) is 1. The lowest BCUT2D eigenvalue weighted by Crippen LogP contribution is -2.43. The van der Waals surface area contributed by atoms with Gasteiger partial charge in [0.1, 0.15) is 5.82 Å². The van der Waals surface area contributed by atoms with E-state index < -0.39 is 0 Å². The van der Waals surface area contributed by atoms with E-state index in [4.69, 9.17) is 10.5 Å². The first-order valence-electron chi connectivity index (χ1n) is 6.90. The third-order valence-corrected chi connectivity index (χ3v) is 4.50. The molecule has 4 heteroatoms. The van der Waals surface area contributed by atoms with Crippen molar-refractivity contribution in [1.82, 2.24) is 0 Å². The zero-order valence-electron chi connectivity index (χ0n) is 11.1. The molecule has 0 aromatic heterocycles. The highest BCUT2D eigenvalue weighted by atomic mass is 79.9. The van der Waals surface area contributed by atoms with E-state index in [0.29, 0.717) is 13.2 Å². The Kier molecular flexibility index (Phi) is 5.37. The first-order chi connectivity index (χ1) is 9.09. The molecule has 0 amide bonds. The quantitative estimate of drug-likeness (QED) is 0.842. The molecule has 0 aliphatic heterocycles. The second-order valence-electron chi connectivity index (χ2n) is 5.51.